The molecule has 61 heavy (non-hydrogen) atoms. The molecule has 0 N–H and O–H groups in total. The van der Waals surface area contributed by atoms with E-state index < -0.39 is 0 Å². The first kappa shape index (κ1) is 35.2. The zero-order valence-corrected chi connectivity index (χ0v) is 33.8. The number of hydrogen-bond donors (Lipinski definition) is 0. The molecule has 0 saturated carbocycles. The predicted molar refractivity (Wildman–Crippen MR) is 254 cm³/mol. The van der Waals surface area contributed by atoms with Crippen LogP contribution in [0.5, 0.6) is 0 Å². The average Bonchev–Trinajstić information content (AvgIpc) is 3.68. The molecule has 286 valence electrons. The van der Waals surface area contributed by atoms with Crippen molar-refractivity contribution in [1.82, 2.24) is 14.5 Å². The summed E-state index contributed by atoms with van der Waals surface area (Å²) in [5.41, 5.74) is 13.3. The Balaban J connectivity index is 1.05. The van der Waals surface area contributed by atoms with E-state index in [1.54, 1.807) is 0 Å². The molecule has 0 radical (unpaired) electrons. The van der Waals surface area contributed by atoms with Crippen molar-refractivity contribution in [3.8, 4) is 50.7 Å². The summed E-state index contributed by atoms with van der Waals surface area (Å²) in [4.78, 5) is 15.4. The Morgan fingerprint density at radius 2 is 0.984 bits per heavy atom. The number of fused-ring (bicyclic) bond motifs is 7. The molecule has 0 saturated heterocycles. The second-order valence-electron chi connectivity index (χ2n) is 15.4. The van der Waals surface area contributed by atoms with Gasteiger partial charge in [0, 0.05) is 43.4 Å². The fourth-order valence-electron chi connectivity index (χ4n) is 8.88. The first-order chi connectivity index (χ1) is 30.2. The summed E-state index contributed by atoms with van der Waals surface area (Å²) in [6.07, 6.45) is 0. The highest BCUT2D eigenvalue weighted by Crippen LogP contribution is 2.52. The van der Waals surface area contributed by atoms with Gasteiger partial charge in [-0.2, -0.15) is 0 Å². The predicted octanol–water partition coefficient (Wildman–Crippen LogP) is 15.3. The van der Waals surface area contributed by atoms with E-state index in [-0.39, 0.29) is 0 Å². The summed E-state index contributed by atoms with van der Waals surface area (Å²) in [5.74, 6) is 1.51. The van der Waals surface area contributed by atoms with Crippen LogP contribution in [0.1, 0.15) is 0 Å². The molecule has 0 unspecified atom stereocenters. The van der Waals surface area contributed by atoms with Crippen molar-refractivity contribution < 1.29 is 0 Å². The van der Waals surface area contributed by atoms with Gasteiger partial charge in [-0.25, -0.2) is 9.97 Å². The molecule has 4 nitrogen and oxygen atoms in total. The van der Waals surface area contributed by atoms with Crippen molar-refractivity contribution in [3.63, 3.8) is 0 Å². The van der Waals surface area contributed by atoms with Gasteiger partial charge in [-0.15, -0.1) is 0 Å². The molecule has 9 aromatic carbocycles. The van der Waals surface area contributed by atoms with E-state index in [1.165, 1.54) is 53.8 Å². The van der Waals surface area contributed by atoms with Gasteiger partial charge < -0.3 is 4.90 Å². The minimum atomic E-state index is 0.684. The number of hydrogen-bond acceptors (Lipinski definition) is 4. The lowest BCUT2D eigenvalue weighted by molar-refractivity contribution is 1.05. The molecule has 0 atom stereocenters. The van der Waals surface area contributed by atoms with Crippen molar-refractivity contribution >= 4 is 61.4 Å². The third-order valence-electron chi connectivity index (χ3n) is 11.8. The van der Waals surface area contributed by atoms with Crippen LogP contribution < -0.4 is 4.90 Å². The maximum atomic E-state index is 5.35. The van der Waals surface area contributed by atoms with Crippen LogP contribution in [-0.2, 0) is 0 Å². The normalized spacial score (nSPS) is 12.2. The van der Waals surface area contributed by atoms with Crippen molar-refractivity contribution in [3.05, 3.63) is 218 Å². The Morgan fingerprint density at radius 1 is 0.377 bits per heavy atom. The molecule has 0 spiro atoms. The topological polar surface area (TPSA) is 34.0 Å². The molecular formula is C56H36N4S. The lowest BCUT2D eigenvalue weighted by atomic mass is 9.99. The molecule has 3 heterocycles. The number of anilines is 3. The Hall–Kier alpha value is -7.73. The first-order valence-electron chi connectivity index (χ1n) is 20.6. The van der Waals surface area contributed by atoms with E-state index in [2.05, 4.69) is 210 Å². The van der Waals surface area contributed by atoms with Gasteiger partial charge in [0.1, 0.15) is 5.82 Å². The fraction of sp³-hybridized carbons (Fsp3) is 0. The van der Waals surface area contributed by atoms with Crippen LogP contribution in [0.25, 0.3) is 83.3 Å². The van der Waals surface area contributed by atoms with Crippen molar-refractivity contribution in [2.24, 2.45) is 0 Å². The van der Waals surface area contributed by atoms with Gasteiger partial charge in [0.05, 0.1) is 28.1 Å². The summed E-state index contributed by atoms with van der Waals surface area (Å²) in [5, 5.41) is 4.80. The van der Waals surface area contributed by atoms with Gasteiger partial charge in [0.2, 0.25) is 0 Å². The van der Waals surface area contributed by atoms with Crippen LogP contribution in [0.3, 0.4) is 0 Å². The van der Waals surface area contributed by atoms with Crippen LogP contribution in [0, 0.1) is 0 Å². The van der Waals surface area contributed by atoms with E-state index in [0.717, 1.165) is 50.5 Å². The van der Waals surface area contributed by atoms with Crippen LogP contribution in [0.2, 0.25) is 0 Å². The zero-order chi connectivity index (χ0) is 40.3. The largest absolute Gasteiger partial charge is 0.308 e. The summed E-state index contributed by atoms with van der Waals surface area (Å²) in [7, 11) is 0. The molecule has 1 aliphatic heterocycles. The minimum Gasteiger partial charge on any atom is -0.308 e. The van der Waals surface area contributed by atoms with E-state index >= 15 is 0 Å². The monoisotopic (exact) mass is 796 g/mol. The highest BCUT2D eigenvalue weighted by atomic mass is 32.2. The quantitative estimate of drug-likeness (QED) is 0.168. The third-order valence-corrected chi connectivity index (χ3v) is 12.9. The van der Waals surface area contributed by atoms with Gasteiger partial charge >= 0.3 is 0 Å². The molecule has 1 aliphatic rings. The van der Waals surface area contributed by atoms with Crippen LogP contribution >= 0.6 is 11.8 Å². The Morgan fingerprint density at radius 3 is 1.80 bits per heavy atom. The maximum absolute atomic E-state index is 5.35. The molecule has 12 rings (SSSR count). The molecular weight excluding hydrogens is 761 g/mol. The van der Waals surface area contributed by atoms with Crippen LogP contribution in [0.15, 0.2) is 228 Å². The lowest BCUT2D eigenvalue weighted by Crippen LogP contribution is -2.14. The van der Waals surface area contributed by atoms with Gasteiger partial charge in [-0.05, 0) is 87.6 Å². The highest BCUT2D eigenvalue weighted by Gasteiger charge is 2.26. The lowest BCUT2D eigenvalue weighted by Gasteiger charge is -2.33. The molecule has 0 amide bonds. The molecule has 11 aromatic rings. The summed E-state index contributed by atoms with van der Waals surface area (Å²) in [6, 6.07) is 78.0. The number of aromatic nitrogens is 3. The summed E-state index contributed by atoms with van der Waals surface area (Å²) < 4.78 is 2.33. The Kier molecular flexibility index (Phi) is 8.39. The van der Waals surface area contributed by atoms with Crippen LogP contribution in [-0.4, -0.2) is 14.5 Å². The van der Waals surface area contributed by atoms with Crippen LogP contribution in [0.4, 0.5) is 17.1 Å². The average molecular weight is 797 g/mol. The zero-order valence-electron chi connectivity index (χ0n) is 33.0. The van der Waals surface area contributed by atoms with Crippen molar-refractivity contribution in [2.45, 2.75) is 9.79 Å². The third kappa shape index (κ3) is 6.09. The summed E-state index contributed by atoms with van der Waals surface area (Å²) >= 11 is 1.83. The smallest absolute Gasteiger partial charge is 0.162 e. The number of para-hydroxylation sites is 2. The molecule has 0 aliphatic carbocycles. The van der Waals surface area contributed by atoms with Gasteiger partial charge in [0.25, 0.3) is 0 Å². The maximum Gasteiger partial charge on any atom is 0.162 e. The summed E-state index contributed by atoms with van der Waals surface area (Å²) in [6.45, 7) is 0. The number of rotatable bonds is 6. The van der Waals surface area contributed by atoms with Gasteiger partial charge in [0.15, 0.2) is 5.82 Å². The molecule has 5 heteroatoms. The van der Waals surface area contributed by atoms with E-state index in [0.29, 0.717) is 5.82 Å². The number of nitrogens with zero attached hydrogens (tertiary/aromatic N) is 4. The fourth-order valence-corrected chi connectivity index (χ4v) is 9.92. The standard InChI is InChI=1S/C56H36N4S/c1-4-14-37(15-5-1)38-24-26-40(27-25-38)47-36-54(58-56(57-47)41-17-6-2-7-18-41)60-48-31-29-42(34-46(48)55-45-21-11-10-16-39(45)28-32-50(55)60)43-30-33-53-51(35-43)59(44-19-8-3-9-20-44)49-22-12-13-23-52(49)61-53/h1-36H. The minimum absolute atomic E-state index is 0.684. The second-order valence-corrected chi connectivity index (χ2v) is 16.5. The Labute approximate surface area is 358 Å². The number of benzene rings is 9. The van der Waals surface area contributed by atoms with Gasteiger partial charge in [-0.1, -0.05) is 169 Å². The van der Waals surface area contributed by atoms with Crippen molar-refractivity contribution in [1.29, 1.82) is 0 Å². The first-order valence-corrected chi connectivity index (χ1v) is 21.4. The van der Waals surface area contributed by atoms with E-state index in [4.69, 9.17) is 9.97 Å². The SMILES string of the molecule is c1ccc(-c2ccc(-c3cc(-n4c5ccc(-c6ccc7c(c6)N(c6ccccc6)c6ccccc6S7)cc5c5c6ccccc6ccc54)nc(-c4ccccc4)n3)cc2)cc1. The van der Waals surface area contributed by atoms with E-state index in [9.17, 15) is 0 Å². The molecule has 0 fully saturated rings. The van der Waals surface area contributed by atoms with Crippen molar-refractivity contribution in [2.75, 3.05) is 4.90 Å². The van der Waals surface area contributed by atoms with E-state index in [1.807, 2.05) is 30.0 Å². The van der Waals surface area contributed by atoms with Gasteiger partial charge in [-0.3, -0.25) is 4.57 Å². The highest BCUT2D eigenvalue weighted by molar-refractivity contribution is 7.99. The second kappa shape index (κ2) is 14.5. The molecule has 0 bridgehead atoms. The molecule has 2 aromatic heterocycles. The Bertz CT molecular complexity index is 3430.